The number of nitrogens with zero attached hydrogens (tertiary/aromatic N) is 3. The molecule has 1 amide bonds. The molecule has 0 saturated heterocycles. The SMILES string of the molecule is CCNC(=NCC(c1ccccc1)N(CC)CC)NCCNC(=O)c1cccnc1.I. The van der Waals surface area contributed by atoms with Crippen molar-refractivity contribution in [2.24, 2.45) is 4.99 Å². The number of benzene rings is 1. The zero-order chi connectivity index (χ0) is 21.6. The third kappa shape index (κ3) is 9.22. The summed E-state index contributed by atoms with van der Waals surface area (Å²) in [5.74, 6) is 0.624. The number of hydrogen-bond acceptors (Lipinski definition) is 4. The summed E-state index contributed by atoms with van der Waals surface area (Å²) in [4.78, 5) is 23.3. The number of nitrogens with one attached hydrogen (secondary N) is 3. The number of amides is 1. The molecule has 1 aromatic carbocycles. The fourth-order valence-corrected chi connectivity index (χ4v) is 3.25. The van der Waals surface area contributed by atoms with Gasteiger partial charge in [0.1, 0.15) is 0 Å². The number of aliphatic imine (C=N–C) groups is 1. The van der Waals surface area contributed by atoms with Crippen molar-refractivity contribution in [2.75, 3.05) is 39.3 Å². The minimum atomic E-state index is -0.127. The lowest BCUT2D eigenvalue weighted by atomic mass is 10.1. The fraction of sp³-hybridized carbons (Fsp3) is 0.435. The van der Waals surface area contributed by atoms with Gasteiger partial charge in [-0.05, 0) is 37.7 Å². The molecule has 0 spiro atoms. The van der Waals surface area contributed by atoms with Crippen LogP contribution in [0.2, 0.25) is 0 Å². The molecule has 2 rings (SSSR count). The van der Waals surface area contributed by atoms with Crippen LogP contribution in [0.1, 0.15) is 42.7 Å². The summed E-state index contributed by atoms with van der Waals surface area (Å²) in [7, 11) is 0. The molecule has 1 heterocycles. The van der Waals surface area contributed by atoms with Crippen molar-refractivity contribution in [3.05, 3.63) is 66.0 Å². The van der Waals surface area contributed by atoms with E-state index in [0.717, 1.165) is 25.6 Å². The molecule has 0 aliphatic carbocycles. The van der Waals surface area contributed by atoms with Gasteiger partial charge in [0.2, 0.25) is 0 Å². The second kappa shape index (κ2) is 15.6. The summed E-state index contributed by atoms with van der Waals surface area (Å²) in [5, 5.41) is 9.47. The lowest BCUT2D eigenvalue weighted by Crippen LogP contribution is -2.42. The number of halogens is 1. The molecule has 0 bridgehead atoms. The zero-order valence-electron chi connectivity index (χ0n) is 18.7. The monoisotopic (exact) mass is 538 g/mol. The van der Waals surface area contributed by atoms with Gasteiger partial charge in [-0.25, -0.2) is 0 Å². The zero-order valence-corrected chi connectivity index (χ0v) is 21.0. The van der Waals surface area contributed by atoms with Crippen LogP contribution in [0.4, 0.5) is 0 Å². The maximum atomic E-state index is 12.1. The van der Waals surface area contributed by atoms with Gasteiger partial charge in [-0.1, -0.05) is 44.2 Å². The van der Waals surface area contributed by atoms with Crippen LogP contribution in [0.5, 0.6) is 0 Å². The maximum absolute atomic E-state index is 12.1. The molecule has 1 atom stereocenters. The molecule has 31 heavy (non-hydrogen) atoms. The number of aromatic nitrogens is 1. The molecule has 0 fully saturated rings. The second-order valence-corrected chi connectivity index (χ2v) is 6.79. The van der Waals surface area contributed by atoms with Gasteiger partial charge in [-0.2, -0.15) is 0 Å². The quantitative estimate of drug-likeness (QED) is 0.177. The van der Waals surface area contributed by atoms with Gasteiger partial charge in [-0.15, -0.1) is 24.0 Å². The second-order valence-electron chi connectivity index (χ2n) is 6.79. The van der Waals surface area contributed by atoms with Gasteiger partial charge in [0, 0.05) is 32.0 Å². The van der Waals surface area contributed by atoms with Crippen molar-refractivity contribution >= 4 is 35.8 Å². The van der Waals surface area contributed by atoms with Crippen molar-refractivity contribution in [1.29, 1.82) is 0 Å². The number of likely N-dealkylation sites (N-methyl/N-ethyl adjacent to an activating group) is 1. The van der Waals surface area contributed by atoms with Crippen LogP contribution in [0.25, 0.3) is 0 Å². The number of pyridine rings is 1. The van der Waals surface area contributed by atoms with Gasteiger partial charge >= 0.3 is 0 Å². The van der Waals surface area contributed by atoms with Crippen LogP contribution < -0.4 is 16.0 Å². The highest BCUT2D eigenvalue weighted by atomic mass is 127. The lowest BCUT2D eigenvalue weighted by Gasteiger charge is -2.29. The fourth-order valence-electron chi connectivity index (χ4n) is 3.25. The standard InChI is InChI=1S/C23H34N6O.HI/c1-4-25-23(27-16-15-26-22(30)20-13-10-14-24-17-20)28-18-21(29(5-2)6-3)19-11-8-7-9-12-19;/h7-14,17,21H,4-6,15-16,18H2,1-3H3,(H,26,30)(H2,25,27,28);1H. The summed E-state index contributed by atoms with van der Waals surface area (Å²) in [6.45, 7) is 10.8. The van der Waals surface area contributed by atoms with E-state index in [-0.39, 0.29) is 35.9 Å². The van der Waals surface area contributed by atoms with Crippen molar-refractivity contribution in [1.82, 2.24) is 25.8 Å². The van der Waals surface area contributed by atoms with E-state index < -0.39 is 0 Å². The van der Waals surface area contributed by atoms with E-state index in [1.807, 2.05) is 13.0 Å². The summed E-state index contributed by atoms with van der Waals surface area (Å²) in [6.07, 6.45) is 3.21. The molecular formula is C23H35IN6O. The van der Waals surface area contributed by atoms with E-state index in [9.17, 15) is 4.79 Å². The third-order valence-electron chi connectivity index (χ3n) is 4.83. The number of rotatable bonds is 11. The Hall–Kier alpha value is -2.20. The van der Waals surface area contributed by atoms with Crippen molar-refractivity contribution in [2.45, 2.75) is 26.8 Å². The Morgan fingerprint density at radius 3 is 2.32 bits per heavy atom. The average molecular weight is 538 g/mol. The Balaban J connectivity index is 0.00000480. The van der Waals surface area contributed by atoms with Crippen LogP contribution in [0, 0.1) is 0 Å². The van der Waals surface area contributed by atoms with E-state index >= 15 is 0 Å². The summed E-state index contributed by atoms with van der Waals surface area (Å²) >= 11 is 0. The highest BCUT2D eigenvalue weighted by Crippen LogP contribution is 2.20. The Kier molecular flexibility index (Phi) is 13.5. The topological polar surface area (TPSA) is 81.7 Å². The molecule has 8 heteroatoms. The Morgan fingerprint density at radius 1 is 1.00 bits per heavy atom. The van der Waals surface area contributed by atoms with Gasteiger partial charge in [0.05, 0.1) is 18.2 Å². The molecule has 0 aliphatic rings. The smallest absolute Gasteiger partial charge is 0.252 e. The van der Waals surface area contributed by atoms with Crippen molar-refractivity contribution in [3.63, 3.8) is 0 Å². The molecule has 0 radical (unpaired) electrons. The molecule has 2 aromatic rings. The maximum Gasteiger partial charge on any atom is 0.252 e. The van der Waals surface area contributed by atoms with Crippen LogP contribution in [-0.4, -0.2) is 61.0 Å². The van der Waals surface area contributed by atoms with Crippen molar-refractivity contribution < 1.29 is 4.79 Å². The summed E-state index contributed by atoms with van der Waals surface area (Å²) in [6, 6.07) is 14.2. The summed E-state index contributed by atoms with van der Waals surface area (Å²) in [5.41, 5.74) is 1.83. The van der Waals surface area contributed by atoms with Gasteiger partial charge in [0.15, 0.2) is 5.96 Å². The van der Waals surface area contributed by atoms with Crippen molar-refractivity contribution in [3.8, 4) is 0 Å². The van der Waals surface area contributed by atoms with E-state index in [4.69, 9.17) is 4.99 Å². The molecule has 1 unspecified atom stereocenters. The lowest BCUT2D eigenvalue weighted by molar-refractivity contribution is 0.0954. The predicted octanol–water partition coefficient (Wildman–Crippen LogP) is 3.07. The molecule has 0 aliphatic heterocycles. The van der Waals surface area contributed by atoms with Gasteiger partial charge in [-0.3, -0.25) is 19.7 Å². The van der Waals surface area contributed by atoms with Crippen LogP contribution in [0.3, 0.4) is 0 Å². The summed E-state index contributed by atoms with van der Waals surface area (Å²) < 4.78 is 0. The van der Waals surface area contributed by atoms with Crippen LogP contribution in [-0.2, 0) is 0 Å². The Morgan fingerprint density at radius 2 is 1.71 bits per heavy atom. The molecule has 7 nitrogen and oxygen atoms in total. The average Bonchev–Trinajstić information content (AvgIpc) is 2.80. The van der Waals surface area contributed by atoms with Gasteiger partial charge in [0.25, 0.3) is 5.91 Å². The number of carbonyl (C=O) groups is 1. The Bertz CT molecular complexity index is 768. The van der Waals surface area contributed by atoms with E-state index in [1.165, 1.54) is 5.56 Å². The molecule has 1 aromatic heterocycles. The van der Waals surface area contributed by atoms with E-state index in [0.29, 0.717) is 25.2 Å². The molecule has 3 N–H and O–H groups in total. The molecule has 0 saturated carbocycles. The first-order chi connectivity index (χ1) is 14.7. The highest BCUT2D eigenvalue weighted by Gasteiger charge is 2.17. The number of hydrogen-bond donors (Lipinski definition) is 3. The third-order valence-corrected chi connectivity index (χ3v) is 4.83. The van der Waals surface area contributed by atoms with Crippen LogP contribution >= 0.6 is 24.0 Å². The number of guanidine groups is 1. The van der Waals surface area contributed by atoms with E-state index in [2.05, 4.69) is 63.9 Å². The Labute approximate surface area is 203 Å². The first-order valence-corrected chi connectivity index (χ1v) is 10.7. The van der Waals surface area contributed by atoms with E-state index in [1.54, 1.807) is 24.5 Å². The first-order valence-electron chi connectivity index (χ1n) is 10.7. The normalized spacial score (nSPS) is 12.1. The molecule has 170 valence electrons. The minimum Gasteiger partial charge on any atom is -0.357 e. The minimum absolute atomic E-state index is 0. The highest BCUT2D eigenvalue weighted by molar-refractivity contribution is 14.0. The predicted molar refractivity (Wildman–Crippen MR) is 138 cm³/mol. The number of carbonyl (C=O) groups excluding carboxylic acids is 1. The largest absolute Gasteiger partial charge is 0.357 e. The van der Waals surface area contributed by atoms with Gasteiger partial charge < -0.3 is 16.0 Å². The first kappa shape index (κ1) is 26.8. The molecular weight excluding hydrogens is 503 g/mol. The van der Waals surface area contributed by atoms with Crippen LogP contribution in [0.15, 0.2) is 59.9 Å².